The predicted octanol–water partition coefficient (Wildman–Crippen LogP) is 0.761. The summed E-state index contributed by atoms with van der Waals surface area (Å²) in [5.41, 5.74) is 0.0422. The summed E-state index contributed by atoms with van der Waals surface area (Å²) < 4.78 is 39.3. The van der Waals surface area contributed by atoms with Gasteiger partial charge < -0.3 is 10.1 Å². The molecule has 0 aliphatic carbocycles. The van der Waals surface area contributed by atoms with Gasteiger partial charge in [-0.25, -0.2) is 5.10 Å². The molecule has 0 bridgehead atoms. The van der Waals surface area contributed by atoms with Crippen molar-refractivity contribution in [1.29, 1.82) is 0 Å². The van der Waals surface area contributed by atoms with Crippen LogP contribution in [0.3, 0.4) is 0 Å². The second-order valence-electron chi connectivity index (χ2n) is 2.93. The van der Waals surface area contributed by atoms with Gasteiger partial charge in [0.2, 0.25) is 0 Å². The zero-order chi connectivity index (χ0) is 12.0. The molecule has 1 heterocycles. The van der Waals surface area contributed by atoms with Crippen LogP contribution < -0.4 is 10.9 Å². The molecule has 5 nitrogen and oxygen atoms in total. The third-order valence-electron chi connectivity index (χ3n) is 1.51. The molecule has 0 fully saturated rings. The van der Waals surface area contributed by atoms with Crippen LogP contribution in [0.5, 0.6) is 0 Å². The zero-order valence-corrected chi connectivity index (χ0v) is 8.17. The van der Waals surface area contributed by atoms with E-state index in [1.54, 1.807) is 0 Å². The van der Waals surface area contributed by atoms with E-state index in [4.69, 9.17) is 0 Å². The van der Waals surface area contributed by atoms with Crippen molar-refractivity contribution >= 4 is 5.69 Å². The number of anilines is 1. The molecule has 0 unspecified atom stereocenters. The number of nitrogens with one attached hydrogen (secondary N) is 2. The molecular formula is C8H10F3N3O2. The molecule has 1 aromatic rings. The molecule has 8 heteroatoms. The second kappa shape index (κ2) is 5.50. The first-order chi connectivity index (χ1) is 7.47. The summed E-state index contributed by atoms with van der Waals surface area (Å²) >= 11 is 0. The largest absolute Gasteiger partial charge is 0.411 e. The maximum atomic E-state index is 11.7. The fourth-order valence-corrected chi connectivity index (χ4v) is 0.928. The highest BCUT2D eigenvalue weighted by Gasteiger charge is 2.27. The van der Waals surface area contributed by atoms with Gasteiger partial charge in [-0.1, -0.05) is 0 Å². The van der Waals surface area contributed by atoms with Gasteiger partial charge in [0.25, 0.3) is 5.56 Å². The number of hydrogen-bond donors (Lipinski definition) is 2. The van der Waals surface area contributed by atoms with Gasteiger partial charge in [0.05, 0.1) is 18.5 Å². The lowest BCUT2D eigenvalue weighted by molar-refractivity contribution is -0.172. The summed E-state index contributed by atoms with van der Waals surface area (Å²) in [7, 11) is 0. The normalized spacial score (nSPS) is 11.4. The second-order valence-corrected chi connectivity index (χ2v) is 2.93. The van der Waals surface area contributed by atoms with Crippen molar-refractivity contribution in [3.63, 3.8) is 0 Å². The minimum absolute atomic E-state index is 0.105. The first-order valence-electron chi connectivity index (χ1n) is 4.40. The maximum Gasteiger partial charge on any atom is 0.411 e. The van der Waals surface area contributed by atoms with Crippen molar-refractivity contribution in [1.82, 2.24) is 10.2 Å². The standard InChI is InChI=1S/C8H10F3N3O2/c9-8(10,11)5-16-2-1-12-6-3-7(15)14-13-4-6/h3-4H,1-2,5H2,(H2,12,14,15). The highest BCUT2D eigenvalue weighted by atomic mass is 19.4. The van der Waals surface area contributed by atoms with Gasteiger partial charge in [0, 0.05) is 12.6 Å². The van der Waals surface area contributed by atoms with Gasteiger partial charge in [-0.3, -0.25) is 4.79 Å². The molecule has 16 heavy (non-hydrogen) atoms. The molecule has 0 saturated heterocycles. The van der Waals surface area contributed by atoms with E-state index in [9.17, 15) is 18.0 Å². The molecule has 0 radical (unpaired) electrons. The molecule has 0 aliphatic heterocycles. The van der Waals surface area contributed by atoms with Crippen molar-refractivity contribution in [2.24, 2.45) is 0 Å². The number of ether oxygens (including phenoxy) is 1. The molecule has 0 amide bonds. The van der Waals surface area contributed by atoms with E-state index >= 15 is 0 Å². The van der Waals surface area contributed by atoms with E-state index in [0.29, 0.717) is 5.69 Å². The van der Waals surface area contributed by atoms with Crippen LogP contribution in [-0.4, -0.2) is 36.1 Å². The molecule has 0 atom stereocenters. The van der Waals surface area contributed by atoms with Crippen LogP contribution in [0.2, 0.25) is 0 Å². The number of halogens is 3. The van der Waals surface area contributed by atoms with Crippen molar-refractivity contribution < 1.29 is 17.9 Å². The average molecular weight is 237 g/mol. The van der Waals surface area contributed by atoms with Crippen LogP contribution in [0.25, 0.3) is 0 Å². The molecule has 90 valence electrons. The van der Waals surface area contributed by atoms with Gasteiger partial charge in [-0.15, -0.1) is 0 Å². The molecule has 0 saturated carbocycles. The lowest BCUT2D eigenvalue weighted by Gasteiger charge is -2.08. The summed E-state index contributed by atoms with van der Waals surface area (Å²) in [6.07, 6.45) is -2.96. The number of alkyl halides is 3. The minimum Gasteiger partial charge on any atom is -0.381 e. The van der Waals surface area contributed by atoms with Gasteiger partial charge >= 0.3 is 6.18 Å². The van der Waals surface area contributed by atoms with Gasteiger partial charge in [-0.2, -0.15) is 18.3 Å². The van der Waals surface area contributed by atoms with E-state index in [2.05, 4.69) is 20.3 Å². The minimum atomic E-state index is -4.31. The zero-order valence-electron chi connectivity index (χ0n) is 8.17. The molecule has 0 spiro atoms. The Labute approximate surface area is 88.6 Å². The third-order valence-corrected chi connectivity index (χ3v) is 1.51. The molecule has 0 aromatic carbocycles. The quantitative estimate of drug-likeness (QED) is 0.742. The first-order valence-corrected chi connectivity index (χ1v) is 4.40. The molecular weight excluding hydrogens is 227 g/mol. The van der Waals surface area contributed by atoms with Crippen molar-refractivity contribution in [2.75, 3.05) is 25.1 Å². The molecule has 1 rings (SSSR count). The maximum absolute atomic E-state index is 11.7. The van der Waals surface area contributed by atoms with E-state index in [-0.39, 0.29) is 18.7 Å². The number of rotatable bonds is 5. The van der Waals surface area contributed by atoms with Crippen LogP contribution in [0.15, 0.2) is 17.1 Å². The number of aromatic nitrogens is 2. The van der Waals surface area contributed by atoms with E-state index in [0.717, 1.165) is 0 Å². The Hall–Kier alpha value is -1.57. The SMILES string of the molecule is O=c1cc(NCCOCC(F)(F)F)cn[nH]1. The highest BCUT2D eigenvalue weighted by Crippen LogP contribution is 2.14. The van der Waals surface area contributed by atoms with Crippen LogP contribution in [-0.2, 0) is 4.74 Å². The average Bonchev–Trinajstić information content (AvgIpc) is 2.15. The summed E-state index contributed by atoms with van der Waals surface area (Å²) in [5.74, 6) is 0. The molecule has 1 aromatic heterocycles. The van der Waals surface area contributed by atoms with Crippen LogP contribution >= 0.6 is 0 Å². The summed E-state index contributed by atoms with van der Waals surface area (Å²) in [6.45, 7) is -1.21. The fraction of sp³-hybridized carbons (Fsp3) is 0.500. The van der Waals surface area contributed by atoms with E-state index < -0.39 is 12.8 Å². The Balaban J connectivity index is 2.19. The fourth-order valence-electron chi connectivity index (χ4n) is 0.928. The lowest BCUT2D eigenvalue weighted by Crippen LogP contribution is -2.20. The van der Waals surface area contributed by atoms with Gasteiger partial charge in [-0.05, 0) is 0 Å². The topological polar surface area (TPSA) is 67.0 Å². The number of hydrogen-bond acceptors (Lipinski definition) is 4. The summed E-state index contributed by atoms with van der Waals surface area (Å²) in [4.78, 5) is 10.8. The smallest absolute Gasteiger partial charge is 0.381 e. The predicted molar refractivity (Wildman–Crippen MR) is 50.2 cm³/mol. The highest BCUT2D eigenvalue weighted by molar-refractivity contribution is 5.38. The van der Waals surface area contributed by atoms with Crippen molar-refractivity contribution in [3.05, 3.63) is 22.6 Å². The summed E-state index contributed by atoms with van der Waals surface area (Å²) in [6, 6.07) is 1.25. The van der Waals surface area contributed by atoms with Crippen molar-refractivity contribution in [2.45, 2.75) is 6.18 Å². The van der Waals surface area contributed by atoms with Gasteiger partial charge in [0.1, 0.15) is 6.61 Å². The Morgan fingerprint density at radius 1 is 1.50 bits per heavy atom. The lowest BCUT2D eigenvalue weighted by atomic mass is 10.4. The van der Waals surface area contributed by atoms with E-state index in [1.165, 1.54) is 12.3 Å². The van der Waals surface area contributed by atoms with E-state index in [1.807, 2.05) is 0 Å². The number of nitrogens with zero attached hydrogens (tertiary/aromatic N) is 1. The Kier molecular flexibility index (Phi) is 4.29. The first kappa shape index (κ1) is 12.5. The van der Waals surface area contributed by atoms with Gasteiger partial charge in [0.15, 0.2) is 0 Å². The molecule has 0 aliphatic rings. The number of aromatic amines is 1. The van der Waals surface area contributed by atoms with Crippen LogP contribution in [0, 0.1) is 0 Å². The summed E-state index contributed by atoms with van der Waals surface area (Å²) in [5, 5.41) is 8.37. The third kappa shape index (κ3) is 5.35. The number of H-pyrrole nitrogens is 1. The van der Waals surface area contributed by atoms with Crippen molar-refractivity contribution in [3.8, 4) is 0 Å². The van der Waals surface area contributed by atoms with Crippen LogP contribution in [0.4, 0.5) is 18.9 Å². The molecule has 2 N–H and O–H groups in total. The monoisotopic (exact) mass is 237 g/mol. The Bertz CT molecular complexity index is 377. The Morgan fingerprint density at radius 2 is 2.25 bits per heavy atom. The Morgan fingerprint density at radius 3 is 2.88 bits per heavy atom. The van der Waals surface area contributed by atoms with Crippen LogP contribution in [0.1, 0.15) is 0 Å².